The Hall–Kier alpha value is -0.930. The average molecular weight is 360 g/mol. The van der Waals surface area contributed by atoms with Crippen molar-refractivity contribution in [2.75, 3.05) is 0 Å². The summed E-state index contributed by atoms with van der Waals surface area (Å²) in [5, 5.41) is 0.460. The van der Waals surface area contributed by atoms with Crippen molar-refractivity contribution in [3.8, 4) is 0 Å². The summed E-state index contributed by atoms with van der Waals surface area (Å²) in [6.45, 7) is 0.611. The molecule has 0 fully saturated rings. The van der Waals surface area contributed by atoms with Crippen molar-refractivity contribution < 1.29 is 0 Å². The summed E-state index contributed by atoms with van der Waals surface area (Å²) in [7, 11) is 0. The Balaban J connectivity index is 1.94. The highest BCUT2D eigenvalue weighted by Gasteiger charge is 2.22. The first-order valence-corrected chi connectivity index (χ1v) is 7.73. The van der Waals surface area contributed by atoms with E-state index in [1.807, 2.05) is 41.0 Å². The molecule has 2 aromatic carbocycles. The van der Waals surface area contributed by atoms with Gasteiger partial charge in [-0.05, 0) is 29.3 Å². The minimum absolute atomic E-state index is 0.460. The van der Waals surface area contributed by atoms with Crippen LogP contribution in [0.3, 0.4) is 0 Å². The van der Waals surface area contributed by atoms with Gasteiger partial charge in [-0.25, -0.2) is 4.98 Å². The number of aromatic nitrogens is 2. The number of fused-ring (bicyclic) bond motifs is 1. The molecule has 1 heterocycles. The SMILES string of the molecule is Clc1nc2ccccc2n1Cc1ccc(C(Cl)(Cl)Cl)cc1. The first kappa shape index (κ1) is 15.0. The molecule has 0 saturated carbocycles. The molecule has 0 bridgehead atoms. The van der Waals surface area contributed by atoms with Gasteiger partial charge in [0.05, 0.1) is 17.6 Å². The van der Waals surface area contributed by atoms with Crippen LogP contribution in [-0.2, 0) is 10.3 Å². The second-order valence-corrected chi connectivity index (χ2v) is 7.27. The summed E-state index contributed by atoms with van der Waals surface area (Å²) >= 11 is 23.8. The summed E-state index contributed by atoms with van der Waals surface area (Å²) in [5.41, 5.74) is 3.56. The van der Waals surface area contributed by atoms with E-state index < -0.39 is 3.79 Å². The van der Waals surface area contributed by atoms with Gasteiger partial charge in [-0.1, -0.05) is 71.2 Å². The first-order valence-electron chi connectivity index (χ1n) is 6.22. The number of hydrogen-bond donors (Lipinski definition) is 0. The molecule has 3 aromatic rings. The Bertz CT molecular complexity index is 772. The Morgan fingerprint density at radius 2 is 1.62 bits per heavy atom. The van der Waals surface area contributed by atoms with Crippen LogP contribution in [0.4, 0.5) is 0 Å². The largest absolute Gasteiger partial charge is 0.310 e. The van der Waals surface area contributed by atoms with Gasteiger partial charge in [-0.3, -0.25) is 0 Å². The molecule has 0 atom stereocenters. The summed E-state index contributed by atoms with van der Waals surface area (Å²) in [6, 6.07) is 15.3. The van der Waals surface area contributed by atoms with Crippen LogP contribution in [0.2, 0.25) is 5.28 Å². The Kier molecular flexibility index (Phi) is 4.06. The number of imidazole rings is 1. The summed E-state index contributed by atoms with van der Waals surface area (Å²) < 4.78 is 0.541. The van der Waals surface area contributed by atoms with Crippen molar-refractivity contribution in [3.05, 3.63) is 64.9 Å². The van der Waals surface area contributed by atoms with Gasteiger partial charge in [0.2, 0.25) is 9.08 Å². The lowest BCUT2D eigenvalue weighted by Crippen LogP contribution is -2.02. The number of alkyl halides is 3. The lowest BCUT2D eigenvalue weighted by molar-refractivity contribution is 0.825. The van der Waals surface area contributed by atoms with Gasteiger partial charge in [0.25, 0.3) is 0 Å². The molecule has 0 amide bonds. The minimum Gasteiger partial charge on any atom is -0.310 e. The highest BCUT2D eigenvalue weighted by atomic mass is 35.6. The van der Waals surface area contributed by atoms with Crippen molar-refractivity contribution >= 4 is 57.4 Å². The van der Waals surface area contributed by atoms with E-state index in [1.165, 1.54) is 0 Å². The number of para-hydroxylation sites is 2. The van der Waals surface area contributed by atoms with Gasteiger partial charge in [0.1, 0.15) is 0 Å². The van der Waals surface area contributed by atoms with Crippen LogP contribution in [0.25, 0.3) is 11.0 Å². The molecule has 21 heavy (non-hydrogen) atoms. The predicted molar refractivity (Wildman–Crippen MR) is 89.5 cm³/mol. The molecule has 3 rings (SSSR count). The highest BCUT2D eigenvalue weighted by Crippen LogP contribution is 2.38. The van der Waals surface area contributed by atoms with E-state index in [-0.39, 0.29) is 0 Å². The zero-order chi connectivity index (χ0) is 15.0. The summed E-state index contributed by atoms with van der Waals surface area (Å²) in [6.07, 6.45) is 0. The van der Waals surface area contributed by atoms with E-state index in [4.69, 9.17) is 46.4 Å². The zero-order valence-corrected chi connectivity index (χ0v) is 13.8. The van der Waals surface area contributed by atoms with Crippen LogP contribution < -0.4 is 0 Å². The van der Waals surface area contributed by atoms with Gasteiger partial charge in [0.15, 0.2) is 0 Å². The minimum atomic E-state index is -1.40. The fraction of sp³-hybridized carbons (Fsp3) is 0.133. The van der Waals surface area contributed by atoms with Crippen LogP contribution in [-0.4, -0.2) is 9.55 Å². The normalized spacial score (nSPS) is 12.0. The topological polar surface area (TPSA) is 17.8 Å². The fourth-order valence-electron chi connectivity index (χ4n) is 2.18. The third kappa shape index (κ3) is 3.14. The zero-order valence-electron chi connectivity index (χ0n) is 10.7. The maximum atomic E-state index is 6.21. The maximum Gasteiger partial charge on any atom is 0.216 e. The quantitative estimate of drug-likeness (QED) is 0.547. The van der Waals surface area contributed by atoms with Gasteiger partial charge < -0.3 is 4.57 Å². The molecule has 108 valence electrons. The monoisotopic (exact) mass is 358 g/mol. The van der Waals surface area contributed by atoms with E-state index in [1.54, 1.807) is 12.1 Å². The third-order valence-electron chi connectivity index (χ3n) is 3.23. The fourth-order valence-corrected chi connectivity index (χ4v) is 2.80. The summed E-state index contributed by atoms with van der Waals surface area (Å²) in [4.78, 5) is 4.33. The van der Waals surface area contributed by atoms with E-state index in [0.29, 0.717) is 17.4 Å². The molecule has 2 nitrogen and oxygen atoms in total. The number of halogens is 4. The molecule has 1 aromatic heterocycles. The molecular formula is C15H10Cl4N2. The Morgan fingerprint density at radius 3 is 2.29 bits per heavy atom. The highest BCUT2D eigenvalue weighted by molar-refractivity contribution is 6.66. The molecular weight excluding hydrogens is 350 g/mol. The van der Waals surface area contributed by atoms with Crippen molar-refractivity contribution in [2.45, 2.75) is 10.3 Å². The average Bonchev–Trinajstić information content (AvgIpc) is 2.75. The van der Waals surface area contributed by atoms with Crippen molar-refractivity contribution in [2.24, 2.45) is 0 Å². The first-order chi connectivity index (χ1) is 9.95. The van der Waals surface area contributed by atoms with Crippen molar-refractivity contribution in [3.63, 3.8) is 0 Å². The van der Waals surface area contributed by atoms with Gasteiger partial charge in [0, 0.05) is 5.56 Å². The molecule has 0 N–H and O–H groups in total. The molecule has 6 heteroatoms. The molecule has 0 spiro atoms. The van der Waals surface area contributed by atoms with Gasteiger partial charge >= 0.3 is 0 Å². The van der Waals surface area contributed by atoms with Crippen LogP contribution in [0.1, 0.15) is 11.1 Å². The third-order valence-corrected chi connectivity index (χ3v) is 4.17. The lowest BCUT2D eigenvalue weighted by Gasteiger charge is -2.12. The van der Waals surface area contributed by atoms with Crippen molar-refractivity contribution in [1.82, 2.24) is 9.55 Å². The Labute approximate surface area is 142 Å². The number of nitrogens with zero attached hydrogens (tertiary/aromatic N) is 2. The smallest absolute Gasteiger partial charge is 0.216 e. The number of rotatable bonds is 2. The second kappa shape index (κ2) is 5.69. The molecule has 0 radical (unpaired) electrons. The molecule has 0 aliphatic heterocycles. The van der Waals surface area contributed by atoms with Crippen LogP contribution in [0.5, 0.6) is 0 Å². The lowest BCUT2D eigenvalue weighted by atomic mass is 10.1. The molecule has 0 saturated heterocycles. The standard InChI is InChI=1S/C15H10Cl4N2/c16-14-20-12-3-1-2-4-13(12)21(14)9-10-5-7-11(8-6-10)15(17,18)19/h1-8H,9H2. The molecule has 0 aliphatic carbocycles. The second-order valence-electron chi connectivity index (χ2n) is 4.65. The summed E-state index contributed by atoms with van der Waals surface area (Å²) in [5.74, 6) is 0. The van der Waals surface area contributed by atoms with E-state index in [0.717, 1.165) is 16.6 Å². The van der Waals surface area contributed by atoms with Crippen LogP contribution >= 0.6 is 46.4 Å². The molecule has 0 aliphatic rings. The van der Waals surface area contributed by atoms with E-state index >= 15 is 0 Å². The number of benzene rings is 2. The van der Waals surface area contributed by atoms with E-state index in [2.05, 4.69) is 4.98 Å². The molecule has 0 unspecified atom stereocenters. The van der Waals surface area contributed by atoms with Crippen LogP contribution in [0.15, 0.2) is 48.5 Å². The van der Waals surface area contributed by atoms with E-state index in [9.17, 15) is 0 Å². The van der Waals surface area contributed by atoms with Gasteiger partial charge in [-0.2, -0.15) is 0 Å². The van der Waals surface area contributed by atoms with Crippen LogP contribution in [0, 0.1) is 0 Å². The van der Waals surface area contributed by atoms with Gasteiger partial charge in [-0.15, -0.1) is 0 Å². The predicted octanol–water partition coefficient (Wildman–Crippen LogP) is 5.56. The number of hydrogen-bond acceptors (Lipinski definition) is 1. The Morgan fingerprint density at radius 1 is 0.952 bits per heavy atom. The maximum absolute atomic E-state index is 6.21. The van der Waals surface area contributed by atoms with Crippen molar-refractivity contribution in [1.29, 1.82) is 0 Å².